The predicted molar refractivity (Wildman–Crippen MR) is 76.8 cm³/mol. The number of ether oxygens (including phenoxy) is 2. The van der Waals surface area contributed by atoms with Crippen LogP contribution in [0.5, 0.6) is 11.5 Å². The number of benzene rings is 2. The van der Waals surface area contributed by atoms with E-state index < -0.39 is 0 Å². The summed E-state index contributed by atoms with van der Waals surface area (Å²) in [5, 5.41) is 0. The molecule has 0 amide bonds. The molecule has 2 nitrogen and oxygen atoms in total. The van der Waals surface area contributed by atoms with Crippen LogP contribution in [-0.2, 0) is 0 Å². The minimum absolute atomic E-state index is 0.170. The molecule has 2 rings (SSSR count). The van der Waals surface area contributed by atoms with Gasteiger partial charge in [0.05, 0.1) is 0 Å². The van der Waals surface area contributed by atoms with Gasteiger partial charge in [-0.2, -0.15) is 0 Å². The van der Waals surface area contributed by atoms with Crippen LogP contribution >= 0.6 is 0 Å². The fraction of sp³-hybridized carbons (Fsp3) is 0.143. The zero-order chi connectivity index (χ0) is 12.8. The number of rotatable bonds is 5. The molecule has 0 aliphatic rings. The molecule has 0 unspecified atom stereocenters. The molecule has 0 aromatic heterocycles. The third-order valence-corrected chi connectivity index (χ3v) is 14.0. The van der Waals surface area contributed by atoms with Gasteiger partial charge in [-0.1, -0.05) is 0 Å². The first-order valence-corrected chi connectivity index (χ1v) is 15.1. The van der Waals surface area contributed by atoms with E-state index in [9.17, 15) is 0 Å². The van der Waals surface area contributed by atoms with E-state index in [2.05, 4.69) is 36.4 Å². The molecule has 0 radical (unpaired) electrons. The summed E-state index contributed by atoms with van der Waals surface area (Å²) >= 11 is -0.340. The van der Waals surface area contributed by atoms with E-state index in [1.165, 1.54) is 7.22 Å². The van der Waals surface area contributed by atoms with Gasteiger partial charge in [-0.25, -0.2) is 0 Å². The van der Waals surface area contributed by atoms with Crippen LogP contribution in [0.4, 0.5) is 0 Å². The van der Waals surface area contributed by atoms with E-state index in [0.29, 0.717) is 0 Å². The second kappa shape index (κ2) is 7.27. The van der Waals surface area contributed by atoms with Crippen molar-refractivity contribution in [2.24, 2.45) is 0 Å². The Kier molecular flexibility index (Phi) is 5.67. The Labute approximate surface area is 124 Å². The van der Waals surface area contributed by atoms with Crippen LogP contribution in [0.25, 0.3) is 0 Å². The van der Waals surface area contributed by atoms with Gasteiger partial charge in [0.15, 0.2) is 0 Å². The maximum absolute atomic E-state index is 5.41. The molecule has 0 heterocycles. The van der Waals surface area contributed by atoms with Gasteiger partial charge in [0.25, 0.3) is 0 Å². The molecular formula is C14H14O2Te2. The van der Waals surface area contributed by atoms with Gasteiger partial charge in [0.1, 0.15) is 0 Å². The van der Waals surface area contributed by atoms with Gasteiger partial charge in [0.2, 0.25) is 0 Å². The molecule has 0 fully saturated rings. The number of para-hydroxylation sites is 2. The second-order valence-corrected chi connectivity index (χ2v) is 13.3. The van der Waals surface area contributed by atoms with Crippen LogP contribution in [-0.4, -0.2) is 48.3 Å². The fourth-order valence-corrected chi connectivity index (χ4v) is 12.8. The first-order valence-electron chi connectivity index (χ1n) is 5.45. The summed E-state index contributed by atoms with van der Waals surface area (Å²) in [5.41, 5.74) is 0. The van der Waals surface area contributed by atoms with Crippen LogP contribution in [0.1, 0.15) is 0 Å². The van der Waals surface area contributed by atoms with Gasteiger partial charge >= 0.3 is 125 Å². The van der Waals surface area contributed by atoms with Crippen LogP contribution in [0.2, 0.25) is 0 Å². The molecular weight excluding hydrogens is 455 g/mol. The van der Waals surface area contributed by atoms with Crippen LogP contribution in [0.3, 0.4) is 0 Å². The summed E-state index contributed by atoms with van der Waals surface area (Å²) in [7, 11) is 3.49. The standard InChI is InChI=1S/C14H14O2Te2/c1-15-11-7-3-5-9-13(11)17-18-14-10-6-4-8-12(14)16-2/h3-10H,1-2H3. The summed E-state index contributed by atoms with van der Waals surface area (Å²) in [5.74, 6) is 2.08. The summed E-state index contributed by atoms with van der Waals surface area (Å²) in [6.07, 6.45) is 0. The predicted octanol–water partition coefficient (Wildman–Crippen LogP) is 0.978. The number of hydrogen-bond acceptors (Lipinski definition) is 2. The van der Waals surface area contributed by atoms with E-state index in [4.69, 9.17) is 9.47 Å². The Morgan fingerprint density at radius 2 is 1.06 bits per heavy atom. The SMILES string of the molecule is COc1ccccc1[Te][Te]c1ccccc1OC. The van der Waals surface area contributed by atoms with Crippen molar-refractivity contribution in [3.8, 4) is 11.5 Å². The van der Waals surface area contributed by atoms with Gasteiger partial charge in [-0.15, -0.1) is 0 Å². The van der Waals surface area contributed by atoms with Crippen molar-refractivity contribution in [3.63, 3.8) is 0 Å². The van der Waals surface area contributed by atoms with E-state index in [1.54, 1.807) is 14.2 Å². The molecule has 4 heteroatoms. The summed E-state index contributed by atoms with van der Waals surface area (Å²) in [6, 6.07) is 16.7. The third kappa shape index (κ3) is 3.56. The van der Waals surface area contributed by atoms with Crippen LogP contribution < -0.4 is 16.7 Å². The average molecular weight is 469 g/mol. The summed E-state index contributed by atoms with van der Waals surface area (Å²) < 4.78 is 13.7. The van der Waals surface area contributed by atoms with E-state index in [-0.39, 0.29) is 34.1 Å². The fourth-order valence-electron chi connectivity index (χ4n) is 1.47. The van der Waals surface area contributed by atoms with E-state index in [1.807, 2.05) is 12.1 Å². The third-order valence-electron chi connectivity index (χ3n) is 2.36. The number of methoxy groups -OCH3 is 2. The van der Waals surface area contributed by atoms with Gasteiger partial charge < -0.3 is 0 Å². The number of hydrogen-bond donors (Lipinski definition) is 0. The molecule has 0 aliphatic heterocycles. The van der Waals surface area contributed by atoms with Crippen molar-refractivity contribution in [1.29, 1.82) is 0 Å². The van der Waals surface area contributed by atoms with Crippen molar-refractivity contribution in [2.45, 2.75) is 0 Å². The first-order chi connectivity index (χ1) is 8.85. The Balaban J connectivity index is 2.11. The molecule has 0 atom stereocenters. The van der Waals surface area contributed by atoms with Gasteiger partial charge in [0, 0.05) is 0 Å². The molecule has 0 N–H and O–H groups in total. The van der Waals surface area contributed by atoms with Crippen LogP contribution in [0.15, 0.2) is 48.5 Å². The molecule has 0 spiro atoms. The molecule has 2 aromatic carbocycles. The maximum atomic E-state index is 5.41. The molecule has 0 saturated carbocycles. The monoisotopic (exact) mass is 474 g/mol. The molecule has 94 valence electrons. The zero-order valence-electron chi connectivity index (χ0n) is 10.3. The van der Waals surface area contributed by atoms with Crippen molar-refractivity contribution in [1.82, 2.24) is 0 Å². The van der Waals surface area contributed by atoms with Gasteiger partial charge in [-0.05, 0) is 0 Å². The minimum atomic E-state index is -0.170. The molecule has 18 heavy (non-hydrogen) atoms. The van der Waals surface area contributed by atoms with Crippen molar-refractivity contribution < 1.29 is 9.47 Å². The molecule has 0 aliphatic carbocycles. The van der Waals surface area contributed by atoms with E-state index in [0.717, 1.165) is 11.5 Å². The molecule has 0 bridgehead atoms. The Morgan fingerprint density at radius 3 is 1.44 bits per heavy atom. The normalized spacial score (nSPS) is 10.1. The quantitative estimate of drug-likeness (QED) is 0.608. The Hall–Kier alpha value is -0.381. The van der Waals surface area contributed by atoms with Crippen molar-refractivity contribution in [2.75, 3.05) is 14.2 Å². The zero-order valence-corrected chi connectivity index (χ0v) is 14.9. The van der Waals surface area contributed by atoms with Crippen molar-refractivity contribution >= 4 is 41.3 Å². The average Bonchev–Trinajstić information content (AvgIpc) is 2.45. The topological polar surface area (TPSA) is 18.5 Å². The van der Waals surface area contributed by atoms with Crippen LogP contribution in [0, 0.1) is 0 Å². The van der Waals surface area contributed by atoms with E-state index >= 15 is 0 Å². The van der Waals surface area contributed by atoms with Gasteiger partial charge in [-0.3, -0.25) is 0 Å². The first kappa shape index (κ1) is 14.0. The molecule has 0 saturated heterocycles. The Bertz CT molecular complexity index is 467. The van der Waals surface area contributed by atoms with Crippen molar-refractivity contribution in [3.05, 3.63) is 48.5 Å². The Morgan fingerprint density at radius 1 is 0.667 bits per heavy atom. The molecule has 2 aromatic rings. The second-order valence-electron chi connectivity index (χ2n) is 3.47. The summed E-state index contributed by atoms with van der Waals surface area (Å²) in [6.45, 7) is 0. The summed E-state index contributed by atoms with van der Waals surface area (Å²) in [4.78, 5) is 0.